The Bertz CT molecular complexity index is 1120. The van der Waals surface area contributed by atoms with Gasteiger partial charge in [-0.05, 0) is 36.3 Å². The van der Waals surface area contributed by atoms with Crippen molar-refractivity contribution in [2.45, 2.75) is 6.10 Å². The molecule has 4 rings (SSSR count). The van der Waals surface area contributed by atoms with Crippen LogP contribution < -0.4 is 15.1 Å². The number of nitrogens with zero attached hydrogens (tertiary/aromatic N) is 2. The van der Waals surface area contributed by atoms with Crippen LogP contribution in [0.5, 0.6) is 0 Å². The van der Waals surface area contributed by atoms with Gasteiger partial charge in [-0.3, -0.25) is 14.5 Å². The monoisotopic (exact) mass is 439 g/mol. The van der Waals surface area contributed by atoms with Gasteiger partial charge in [0.15, 0.2) is 0 Å². The molecule has 2 aromatic rings. The van der Waals surface area contributed by atoms with E-state index in [2.05, 4.69) is 5.32 Å². The second-order valence-electron chi connectivity index (χ2n) is 6.23. The van der Waals surface area contributed by atoms with Gasteiger partial charge in [0.1, 0.15) is 12.7 Å². The predicted octanol–water partition coefficient (Wildman–Crippen LogP) is 2.52. The fourth-order valence-corrected chi connectivity index (χ4v) is 3.82. The van der Waals surface area contributed by atoms with Gasteiger partial charge in [-0.25, -0.2) is 4.79 Å². The molecule has 2 aliphatic heterocycles. The lowest BCUT2D eigenvalue weighted by Gasteiger charge is -2.27. The lowest BCUT2D eigenvalue weighted by atomic mass is 10.2. The van der Waals surface area contributed by atoms with E-state index in [1.165, 1.54) is 0 Å². The van der Waals surface area contributed by atoms with E-state index in [9.17, 15) is 14.4 Å². The van der Waals surface area contributed by atoms with Crippen molar-refractivity contribution in [1.29, 1.82) is 0 Å². The fraction of sp³-hybridized carbons (Fsp3) is 0.316. The summed E-state index contributed by atoms with van der Waals surface area (Å²) < 4.78 is 44.2. The summed E-state index contributed by atoms with van der Waals surface area (Å²) in [6, 6.07) is 1.33. The summed E-state index contributed by atoms with van der Waals surface area (Å²) in [4.78, 5) is 39.4. The van der Waals surface area contributed by atoms with Crippen LogP contribution in [0, 0.1) is 0 Å². The van der Waals surface area contributed by atoms with E-state index in [0.29, 0.717) is 9.21 Å². The van der Waals surface area contributed by atoms with E-state index in [0.717, 1.165) is 21.1 Å². The number of anilines is 2. The number of hydrogen-bond acceptors (Lipinski definition) is 6. The molecule has 152 valence electrons. The Morgan fingerprint density at radius 2 is 1.97 bits per heavy atom. The normalized spacial score (nSPS) is 21.3. The molecule has 3 amide bonds. The lowest BCUT2D eigenvalue weighted by molar-refractivity contribution is -0.125. The Kier molecular flexibility index (Phi) is 4.42. The highest BCUT2D eigenvalue weighted by atomic mass is 35.5. The maximum absolute atomic E-state index is 12.5. The minimum absolute atomic E-state index is 0.0148. The Morgan fingerprint density at radius 1 is 1.24 bits per heavy atom. The number of halogens is 1. The number of morpholine rings is 1. The highest BCUT2D eigenvalue weighted by molar-refractivity contribution is 7.18. The minimum atomic E-state index is -0.857. The van der Waals surface area contributed by atoms with E-state index in [-0.39, 0.29) is 50.1 Å². The molecule has 29 heavy (non-hydrogen) atoms. The third-order valence-corrected chi connectivity index (χ3v) is 5.52. The fourth-order valence-electron chi connectivity index (χ4n) is 2.86. The molecular formula is C19H18ClN3O5S. The second-order valence-corrected chi connectivity index (χ2v) is 7.94. The van der Waals surface area contributed by atoms with Crippen LogP contribution in [0.1, 0.15) is 15.2 Å². The Labute approximate surface area is 181 Å². The van der Waals surface area contributed by atoms with Gasteiger partial charge in [-0.1, -0.05) is 11.6 Å². The van der Waals surface area contributed by atoms with E-state index in [1.54, 1.807) is 12.1 Å². The third-order valence-electron chi connectivity index (χ3n) is 4.29. The summed E-state index contributed by atoms with van der Waals surface area (Å²) in [6.07, 6.45) is -1.62. The molecule has 0 unspecified atom stereocenters. The van der Waals surface area contributed by atoms with E-state index >= 15 is 0 Å². The van der Waals surface area contributed by atoms with Crippen molar-refractivity contribution in [3.8, 4) is 0 Å². The first-order chi connectivity index (χ1) is 15.7. The van der Waals surface area contributed by atoms with Crippen LogP contribution in [0.2, 0.25) is 4.34 Å². The Morgan fingerprint density at radius 3 is 2.62 bits per heavy atom. The maximum atomic E-state index is 12.5. The van der Waals surface area contributed by atoms with Gasteiger partial charge in [0.05, 0.1) is 34.4 Å². The van der Waals surface area contributed by atoms with Gasteiger partial charge in [-0.15, -0.1) is 11.3 Å². The van der Waals surface area contributed by atoms with Gasteiger partial charge in [0.2, 0.25) is 0 Å². The number of amides is 3. The number of carbonyl (C=O) groups excluding carboxylic acids is 3. The van der Waals surface area contributed by atoms with E-state index < -0.39 is 42.3 Å². The smallest absolute Gasteiger partial charge is 0.414 e. The number of benzene rings is 1. The zero-order chi connectivity index (χ0) is 23.9. The zero-order valence-corrected chi connectivity index (χ0v) is 16.6. The second kappa shape index (κ2) is 8.40. The van der Waals surface area contributed by atoms with E-state index in [1.807, 2.05) is 0 Å². The third kappa shape index (κ3) is 4.36. The summed E-state index contributed by atoms with van der Waals surface area (Å²) in [6.45, 7) is -0.0188. The molecule has 2 saturated heterocycles. The van der Waals surface area contributed by atoms with E-state index in [4.69, 9.17) is 26.6 Å². The number of ether oxygens (including phenoxy) is 2. The first kappa shape index (κ1) is 15.3. The quantitative estimate of drug-likeness (QED) is 0.773. The molecule has 3 heterocycles. The number of thiophene rings is 1. The maximum Gasteiger partial charge on any atom is 0.414 e. The molecule has 10 heteroatoms. The summed E-state index contributed by atoms with van der Waals surface area (Å²) in [5, 5.41) is 2.64. The predicted molar refractivity (Wildman–Crippen MR) is 109 cm³/mol. The van der Waals surface area contributed by atoms with Crippen LogP contribution >= 0.6 is 22.9 Å². The van der Waals surface area contributed by atoms with Gasteiger partial charge in [0, 0.05) is 17.9 Å². The summed E-state index contributed by atoms with van der Waals surface area (Å²) in [5.74, 6) is -0.858. The minimum Gasteiger partial charge on any atom is -0.442 e. The van der Waals surface area contributed by atoms with Crippen molar-refractivity contribution in [2.24, 2.45) is 0 Å². The average Bonchev–Trinajstić information content (AvgIpc) is 3.38. The Balaban J connectivity index is 1.54. The molecule has 1 atom stereocenters. The molecule has 0 bridgehead atoms. The van der Waals surface area contributed by atoms with Gasteiger partial charge < -0.3 is 19.7 Å². The van der Waals surface area contributed by atoms with Gasteiger partial charge >= 0.3 is 6.09 Å². The molecule has 8 nitrogen and oxygen atoms in total. The molecule has 0 spiro atoms. The van der Waals surface area contributed by atoms with Crippen molar-refractivity contribution in [3.05, 3.63) is 45.5 Å². The first-order valence-electron chi connectivity index (χ1n) is 10.7. The number of nitrogens with one attached hydrogen (secondary N) is 1. The van der Waals surface area contributed by atoms with Crippen molar-refractivity contribution in [2.75, 3.05) is 42.6 Å². The first-order valence-corrected chi connectivity index (χ1v) is 9.88. The highest BCUT2D eigenvalue weighted by Gasteiger charge is 2.33. The van der Waals surface area contributed by atoms with Crippen molar-refractivity contribution in [3.63, 3.8) is 0 Å². The number of hydrogen-bond donors (Lipinski definition) is 1. The van der Waals surface area contributed by atoms with Crippen LogP contribution in [0.25, 0.3) is 0 Å². The SMILES string of the molecule is [2H]c1c([2H])c(N2C[C@@H](CNC(=O)c3ccc(Cl)s3)OC2=O)c([2H])c([2H])c1N1CCOCC1=O. The summed E-state index contributed by atoms with van der Waals surface area (Å²) in [7, 11) is 0. The van der Waals surface area contributed by atoms with Crippen LogP contribution in [0.3, 0.4) is 0 Å². The molecule has 1 aromatic carbocycles. The Hall–Kier alpha value is -2.62. The van der Waals surface area contributed by atoms with Crippen LogP contribution in [0.4, 0.5) is 16.2 Å². The van der Waals surface area contributed by atoms with Crippen molar-refractivity contribution < 1.29 is 29.3 Å². The average molecular weight is 440 g/mol. The highest BCUT2D eigenvalue weighted by Crippen LogP contribution is 2.26. The largest absolute Gasteiger partial charge is 0.442 e. The van der Waals surface area contributed by atoms with Gasteiger partial charge in [-0.2, -0.15) is 0 Å². The molecule has 2 fully saturated rings. The standard InChI is InChI=1S/C19H18ClN3O5S/c20-16-6-5-15(29-16)18(25)21-9-14-10-23(19(26)28-14)13-3-1-12(2-4-13)22-7-8-27-11-17(22)24/h1-6,14H,7-11H2,(H,21,25)/t14-/m1/s1/i1D,2D,3D,4D. The number of rotatable bonds is 5. The van der Waals surface area contributed by atoms with Crippen LogP contribution in [0.15, 0.2) is 36.3 Å². The van der Waals surface area contributed by atoms with Crippen molar-refractivity contribution >= 4 is 52.2 Å². The molecule has 2 aliphatic rings. The molecule has 1 N–H and O–H groups in total. The van der Waals surface area contributed by atoms with Crippen molar-refractivity contribution in [1.82, 2.24) is 5.32 Å². The molecule has 0 radical (unpaired) electrons. The molecular weight excluding hydrogens is 418 g/mol. The van der Waals surface area contributed by atoms with Gasteiger partial charge in [0.25, 0.3) is 11.8 Å². The van der Waals surface area contributed by atoms with Crippen LogP contribution in [-0.2, 0) is 14.3 Å². The molecule has 0 saturated carbocycles. The number of cyclic esters (lactones) is 1. The zero-order valence-electron chi connectivity index (χ0n) is 19.0. The molecule has 0 aliphatic carbocycles. The molecule has 1 aromatic heterocycles. The topological polar surface area (TPSA) is 88.2 Å². The van der Waals surface area contributed by atoms with Crippen LogP contribution in [-0.4, -0.2) is 56.9 Å². The summed E-state index contributed by atoms with van der Waals surface area (Å²) in [5.41, 5.74) is -0.411. The number of carbonyl (C=O) groups is 3. The lowest BCUT2D eigenvalue weighted by Crippen LogP contribution is -2.41. The summed E-state index contributed by atoms with van der Waals surface area (Å²) >= 11 is 6.93.